The number of hydrogen-bond donors (Lipinski definition) is 5. The number of ether oxygens (including phenoxy) is 1. The number of fused-ring (bicyclic) bond motifs is 1. The Hall–Kier alpha value is -3.84. The number of hydrogen-bond acceptors (Lipinski definition) is 9. The van der Waals surface area contributed by atoms with Crippen molar-refractivity contribution >= 4 is 29.4 Å². The summed E-state index contributed by atoms with van der Waals surface area (Å²) in [5.74, 6) is -0.937. The Kier molecular flexibility index (Phi) is 8.60. The third-order valence-corrected chi connectivity index (χ3v) is 7.94. The van der Waals surface area contributed by atoms with Gasteiger partial charge in [0.1, 0.15) is 17.6 Å². The number of nitrogens with zero attached hydrogens (tertiary/aromatic N) is 3. The molecule has 0 saturated heterocycles. The molecule has 11 nitrogen and oxygen atoms in total. The Balaban J connectivity index is 1.31. The number of aromatic nitrogens is 2. The van der Waals surface area contributed by atoms with Gasteiger partial charge in [-0.05, 0) is 49.1 Å². The number of methoxy groups -OCH3 is 1. The van der Waals surface area contributed by atoms with E-state index in [-0.39, 0.29) is 35.2 Å². The Morgan fingerprint density at radius 2 is 1.95 bits per heavy atom. The van der Waals surface area contributed by atoms with E-state index in [0.717, 1.165) is 5.56 Å². The monoisotopic (exact) mass is 599 g/mol. The van der Waals surface area contributed by atoms with Crippen molar-refractivity contribution in [3.8, 4) is 17.0 Å². The standard InChI is InChI=1S/C29H31ClFN5O6/c1-14(27(40)34-23(13-37)17-5-18(31)8-20(6-17)42-2)36-12-16-4-3-15(7-21(16)28(36)41)26-22(30)11-32-29(35-26)33-19-9-24(38)25(39)10-19/h3-8,11,14,19,23-25,37-39H,9-10,12-13H2,1-2H3,(H,34,40)(H,32,33,35)/t14?,23?,24-,25-/m1/s1. The van der Waals surface area contributed by atoms with E-state index in [1.165, 1.54) is 36.4 Å². The normalized spacial score (nSPS) is 19.9. The number of amides is 2. The summed E-state index contributed by atoms with van der Waals surface area (Å²) in [6.07, 6.45) is 0.514. The van der Waals surface area contributed by atoms with Gasteiger partial charge in [0.05, 0.1) is 48.9 Å². The predicted molar refractivity (Wildman–Crippen MR) is 151 cm³/mol. The summed E-state index contributed by atoms with van der Waals surface area (Å²) < 4.78 is 19.1. The predicted octanol–water partition coefficient (Wildman–Crippen LogP) is 2.43. The van der Waals surface area contributed by atoms with E-state index in [2.05, 4.69) is 20.6 Å². The van der Waals surface area contributed by atoms with Gasteiger partial charge in [0, 0.05) is 29.8 Å². The van der Waals surface area contributed by atoms with Gasteiger partial charge in [0.25, 0.3) is 5.91 Å². The summed E-state index contributed by atoms with van der Waals surface area (Å²) in [7, 11) is 1.39. The van der Waals surface area contributed by atoms with Gasteiger partial charge in [0.2, 0.25) is 11.9 Å². The van der Waals surface area contributed by atoms with Crippen molar-refractivity contribution in [3.63, 3.8) is 0 Å². The lowest BCUT2D eigenvalue weighted by Crippen LogP contribution is -2.46. The van der Waals surface area contributed by atoms with Gasteiger partial charge in [-0.15, -0.1) is 0 Å². The van der Waals surface area contributed by atoms with Crippen molar-refractivity contribution in [2.45, 2.75) is 56.6 Å². The molecule has 1 aliphatic carbocycles. The van der Waals surface area contributed by atoms with Crippen LogP contribution in [-0.4, -0.2) is 80.0 Å². The van der Waals surface area contributed by atoms with Crippen LogP contribution in [0, 0.1) is 5.82 Å². The first-order chi connectivity index (χ1) is 20.1. The second-order valence-corrected chi connectivity index (χ2v) is 10.9. The Morgan fingerprint density at radius 1 is 1.21 bits per heavy atom. The molecule has 5 rings (SSSR count). The van der Waals surface area contributed by atoms with Crippen LogP contribution in [0.3, 0.4) is 0 Å². The molecule has 1 aromatic heterocycles. The van der Waals surface area contributed by atoms with Crippen LogP contribution in [0.2, 0.25) is 5.02 Å². The van der Waals surface area contributed by atoms with E-state index in [4.69, 9.17) is 16.3 Å². The average Bonchev–Trinajstić information content (AvgIpc) is 3.48. The maximum Gasteiger partial charge on any atom is 0.255 e. The van der Waals surface area contributed by atoms with Gasteiger partial charge in [0.15, 0.2) is 0 Å². The zero-order valence-corrected chi connectivity index (χ0v) is 23.7. The van der Waals surface area contributed by atoms with E-state index < -0.39 is 42.6 Å². The molecule has 2 aromatic carbocycles. The highest BCUT2D eigenvalue weighted by molar-refractivity contribution is 6.33. The Bertz CT molecular complexity index is 1500. The minimum Gasteiger partial charge on any atom is -0.497 e. The highest BCUT2D eigenvalue weighted by Crippen LogP contribution is 2.33. The Labute approximate surface area is 246 Å². The first-order valence-corrected chi connectivity index (χ1v) is 13.8. The first kappa shape index (κ1) is 29.6. The first-order valence-electron chi connectivity index (χ1n) is 13.4. The fourth-order valence-corrected chi connectivity index (χ4v) is 5.49. The van der Waals surface area contributed by atoms with Gasteiger partial charge < -0.3 is 35.6 Å². The lowest BCUT2D eigenvalue weighted by Gasteiger charge is -2.26. The van der Waals surface area contributed by atoms with E-state index >= 15 is 0 Å². The van der Waals surface area contributed by atoms with Gasteiger partial charge in [-0.1, -0.05) is 23.7 Å². The number of benzene rings is 2. The molecule has 3 aromatic rings. The van der Waals surface area contributed by atoms with E-state index in [9.17, 15) is 29.3 Å². The zero-order valence-electron chi connectivity index (χ0n) is 22.9. The van der Waals surface area contributed by atoms with Gasteiger partial charge in [-0.3, -0.25) is 9.59 Å². The third-order valence-electron chi connectivity index (χ3n) is 7.67. The minimum absolute atomic E-state index is 0.192. The van der Waals surface area contributed by atoms with Crippen molar-refractivity contribution in [3.05, 3.63) is 70.1 Å². The highest BCUT2D eigenvalue weighted by atomic mass is 35.5. The molecule has 4 atom stereocenters. The number of aliphatic hydroxyl groups is 3. The minimum atomic E-state index is -0.908. The second kappa shape index (κ2) is 12.2. The molecule has 0 bridgehead atoms. The summed E-state index contributed by atoms with van der Waals surface area (Å²) in [4.78, 5) is 36.7. The summed E-state index contributed by atoms with van der Waals surface area (Å²) >= 11 is 6.41. The number of carbonyl (C=O) groups is 2. The molecule has 2 unspecified atom stereocenters. The van der Waals surface area contributed by atoms with Crippen LogP contribution < -0.4 is 15.4 Å². The largest absolute Gasteiger partial charge is 0.497 e. The van der Waals surface area contributed by atoms with Crippen molar-refractivity contribution in [2.75, 3.05) is 19.0 Å². The lowest BCUT2D eigenvalue weighted by molar-refractivity contribution is -0.126. The van der Waals surface area contributed by atoms with E-state index in [1.807, 2.05) is 0 Å². The van der Waals surface area contributed by atoms with Crippen LogP contribution in [0.1, 0.15) is 47.3 Å². The second-order valence-electron chi connectivity index (χ2n) is 10.5. The summed E-state index contributed by atoms with van der Waals surface area (Å²) in [6.45, 7) is 1.29. The molecule has 1 saturated carbocycles. The molecule has 0 radical (unpaired) electrons. The van der Waals surface area contributed by atoms with Crippen molar-refractivity contribution in [1.82, 2.24) is 20.2 Å². The fourth-order valence-electron chi connectivity index (χ4n) is 5.29. The lowest BCUT2D eigenvalue weighted by atomic mass is 10.0. The molecule has 1 aliphatic heterocycles. The molecule has 2 aliphatic rings. The van der Waals surface area contributed by atoms with Crippen LogP contribution in [0.15, 0.2) is 42.6 Å². The number of halogens is 2. The molecular weight excluding hydrogens is 569 g/mol. The fraction of sp³-hybridized carbons (Fsp3) is 0.379. The number of anilines is 1. The maximum atomic E-state index is 14.0. The van der Waals surface area contributed by atoms with Crippen molar-refractivity contribution < 1.29 is 34.0 Å². The van der Waals surface area contributed by atoms with Crippen LogP contribution in [0.25, 0.3) is 11.3 Å². The third kappa shape index (κ3) is 6.02. The SMILES string of the molecule is COc1cc(F)cc(C(CO)NC(=O)C(C)N2Cc3ccc(-c4nc(NC5C[C@@H](O)[C@H](O)C5)ncc4Cl)cc3C2=O)c1. The smallest absolute Gasteiger partial charge is 0.255 e. The Morgan fingerprint density at radius 3 is 2.64 bits per heavy atom. The van der Waals surface area contributed by atoms with Gasteiger partial charge >= 0.3 is 0 Å². The van der Waals surface area contributed by atoms with Crippen molar-refractivity contribution in [1.29, 1.82) is 0 Å². The van der Waals surface area contributed by atoms with Crippen molar-refractivity contribution in [2.24, 2.45) is 0 Å². The van der Waals surface area contributed by atoms with Gasteiger partial charge in [-0.2, -0.15) is 0 Å². The number of carbonyl (C=O) groups excluding carboxylic acids is 2. The topological polar surface area (TPSA) is 157 Å². The quantitative estimate of drug-likeness (QED) is 0.249. The molecule has 42 heavy (non-hydrogen) atoms. The molecule has 0 spiro atoms. The average molecular weight is 600 g/mol. The van der Waals surface area contributed by atoms with E-state index in [0.29, 0.717) is 35.2 Å². The zero-order chi connectivity index (χ0) is 30.1. The molecule has 5 N–H and O–H groups in total. The summed E-state index contributed by atoms with van der Waals surface area (Å²) in [6, 6.07) is 7.12. The van der Waals surface area contributed by atoms with Gasteiger partial charge in [-0.25, -0.2) is 14.4 Å². The molecular formula is C29H31ClFN5O6. The van der Waals surface area contributed by atoms with E-state index in [1.54, 1.807) is 25.1 Å². The summed E-state index contributed by atoms with van der Waals surface area (Å²) in [5.41, 5.74) is 2.40. The number of rotatable bonds is 9. The van der Waals surface area contributed by atoms with Crippen LogP contribution >= 0.6 is 11.6 Å². The number of nitrogens with one attached hydrogen (secondary N) is 2. The van der Waals surface area contributed by atoms with Crippen LogP contribution in [0.5, 0.6) is 5.75 Å². The molecule has 13 heteroatoms. The summed E-state index contributed by atoms with van der Waals surface area (Å²) in [5, 5.41) is 35.6. The maximum absolute atomic E-state index is 14.0. The highest BCUT2D eigenvalue weighted by Gasteiger charge is 2.35. The van der Waals surface area contributed by atoms with Crippen LogP contribution in [0.4, 0.5) is 10.3 Å². The number of aliphatic hydroxyl groups excluding tert-OH is 3. The molecule has 2 amide bonds. The molecule has 1 fully saturated rings. The molecule has 2 heterocycles. The molecule has 222 valence electrons. The van der Waals surface area contributed by atoms with Crippen LogP contribution in [-0.2, 0) is 11.3 Å².